The van der Waals surface area contributed by atoms with Gasteiger partial charge in [0.1, 0.15) is 4.90 Å². The van der Waals surface area contributed by atoms with Crippen molar-refractivity contribution in [3.8, 4) is 0 Å². The first-order valence-corrected chi connectivity index (χ1v) is 11.6. The van der Waals surface area contributed by atoms with Crippen LogP contribution in [0.2, 0.25) is 0 Å². The largest absolute Gasteiger partial charge is 0.379 e. The first-order valence-electron chi connectivity index (χ1n) is 10.1. The van der Waals surface area contributed by atoms with Gasteiger partial charge in [0.2, 0.25) is 9.84 Å². The van der Waals surface area contributed by atoms with Crippen molar-refractivity contribution >= 4 is 26.8 Å². The number of nitrogens with one attached hydrogen (secondary N) is 1. The average molecular weight is 464 g/mol. The minimum absolute atomic E-state index is 0.0358. The molecule has 1 aliphatic rings. The molecule has 32 heavy (non-hydrogen) atoms. The predicted molar refractivity (Wildman–Crippen MR) is 114 cm³/mol. The van der Waals surface area contributed by atoms with E-state index in [0.717, 1.165) is 16.8 Å². The third kappa shape index (κ3) is 4.13. The lowest BCUT2D eigenvalue weighted by atomic mass is 10.2. The fraction of sp³-hybridized carbons (Fsp3) is 0.318. The van der Waals surface area contributed by atoms with Crippen molar-refractivity contribution in [3.63, 3.8) is 0 Å². The van der Waals surface area contributed by atoms with Crippen LogP contribution < -0.4 is 5.32 Å². The van der Waals surface area contributed by atoms with E-state index < -0.39 is 37.8 Å². The number of aromatic nitrogens is 1. The second kappa shape index (κ2) is 8.61. The van der Waals surface area contributed by atoms with Gasteiger partial charge in [0.15, 0.2) is 11.6 Å². The van der Waals surface area contributed by atoms with Crippen LogP contribution in [0.15, 0.2) is 46.3 Å². The predicted octanol–water partition coefficient (Wildman–Crippen LogP) is 3.22. The number of carbonyl (C=O) groups excluding carboxylic acids is 1. The Morgan fingerprint density at radius 1 is 1.09 bits per heavy atom. The second-order valence-electron chi connectivity index (χ2n) is 7.82. The monoisotopic (exact) mass is 463 g/mol. The quantitative estimate of drug-likeness (QED) is 0.643. The van der Waals surface area contributed by atoms with Crippen LogP contribution in [0.4, 0.5) is 13.6 Å². The van der Waals surface area contributed by atoms with E-state index in [-0.39, 0.29) is 17.1 Å². The van der Waals surface area contributed by atoms with E-state index in [1.54, 1.807) is 13.8 Å². The molecule has 1 aliphatic heterocycles. The van der Waals surface area contributed by atoms with Gasteiger partial charge >= 0.3 is 6.03 Å². The average Bonchev–Trinajstić information content (AvgIpc) is 3.16. The first-order chi connectivity index (χ1) is 15.2. The van der Waals surface area contributed by atoms with Gasteiger partial charge in [-0.15, -0.1) is 0 Å². The fourth-order valence-electron chi connectivity index (χ4n) is 3.84. The zero-order chi connectivity index (χ0) is 23.0. The number of sulfone groups is 1. The van der Waals surface area contributed by atoms with Gasteiger partial charge in [-0.3, -0.25) is 9.47 Å². The van der Waals surface area contributed by atoms with Crippen LogP contribution in [0.1, 0.15) is 11.1 Å². The molecule has 7 nitrogen and oxygen atoms in total. The number of nitrogens with zero attached hydrogens (tertiary/aromatic N) is 2. The number of fused-ring (bicyclic) bond motifs is 1. The Balaban J connectivity index is 1.79. The summed E-state index contributed by atoms with van der Waals surface area (Å²) in [5.41, 5.74) is 1.38. The minimum Gasteiger partial charge on any atom is -0.379 e. The SMILES string of the molecule is Cc1cc(C)cc(S(=O)(=O)c2cn(C(=O)NCN3CCOCC3)c3ccc(F)c(F)c23)c1. The lowest BCUT2D eigenvalue weighted by Gasteiger charge is -2.26. The topological polar surface area (TPSA) is 80.6 Å². The Kier molecular flexibility index (Phi) is 6.02. The van der Waals surface area contributed by atoms with Crippen LogP contribution in [0, 0.1) is 25.5 Å². The Morgan fingerprint density at radius 3 is 2.41 bits per heavy atom. The van der Waals surface area contributed by atoms with Crippen molar-refractivity contribution in [1.29, 1.82) is 0 Å². The summed E-state index contributed by atoms with van der Waals surface area (Å²) in [6.07, 6.45) is 1.05. The van der Waals surface area contributed by atoms with Crippen molar-refractivity contribution in [2.24, 2.45) is 0 Å². The summed E-state index contributed by atoms with van der Waals surface area (Å²) in [6, 6.07) is 6.15. The van der Waals surface area contributed by atoms with Crippen molar-refractivity contribution in [1.82, 2.24) is 14.8 Å². The fourth-order valence-corrected chi connectivity index (χ4v) is 5.48. The molecule has 1 saturated heterocycles. The number of amides is 1. The van der Waals surface area contributed by atoms with E-state index in [1.807, 2.05) is 11.0 Å². The normalized spacial score (nSPS) is 15.2. The molecule has 0 aliphatic carbocycles. The summed E-state index contributed by atoms with van der Waals surface area (Å²) >= 11 is 0. The van der Waals surface area contributed by atoms with Gasteiger partial charge in [0.05, 0.1) is 35.7 Å². The number of benzene rings is 2. The molecular formula is C22H23F2N3O4S. The Labute approximate surface area is 184 Å². The summed E-state index contributed by atoms with van der Waals surface area (Å²) in [5.74, 6) is -2.51. The maximum atomic E-state index is 14.8. The highest BCUT2D eigenvalue weighted by molar-refractivity contribution is 7.91. The van der Waals surface area contributed by atoms with E-state index in [1.165, 1.54) is 18.2 Å². The molecule has 0 atom stereocenters. The van der Waals surface area contributed by atoms with Crippen LogP contribution in [0.5, 0.6) is 0 Å². The summed E-state index contributed by atoms with van der Waals surface area (Å²) in [5, 5.41) is 2.25. The van der Waals surface area contributed by atoms with Crippen molar-refractivity contribution in [2.75, 3.05) is 33.0 Å². The van der Waals surface area contributed by atoms with Crippen molar-refractivity contribution in [2.45, 2.75) is 23.6 Å². The molecule has 0 unspecified atom stereocenters. The van der Waals surface area contributed by atoms with E-state index in [2.05, 4.69) is 5.32 Å². The van der Waals surface area contributed by atoms with Gasteiger partial charge < -0.3 is 10.1 Å². The molecule has 2 aromatic carbocycles. The second-order valence-corrected chi connectivity index (χ2v) is 9.73. The van der Waals surface area contributed by atoms with Crippen LogP contribution in [-0.4, -0.2) is 56.9 Å². The molecule has 0 saturated carbocycles. The molecule has 170 valence electrons. The molecule has 0 bridgehead atoms. The van der Waals surface area contributed by atoms with Gasteiger partial charge in [-0.1, -0.05) is 6.07 Å². The lowest BCUT2D eigenvalue weighted by molar-refractivity contribution is 0.0356. The number of aryl methyl sites for hydroxylation is 2. The molecule has 1 amide bonds. The molecule has 0 spiro atoms. The van der Waals surface area contributed by atoms with Gasteiger partial charge in [-0.05, 0) is 49.2 Å². The number of ether oxygens (including phenoxy) is 1. The zero-order valence-electron chi connectivity index (χ0n) is 17.7. The third-order valence-corrected chi connectivity index (χ3v) is 7.14. The van der Waals surface area contributed by atoms with Crippen LogP contribution in [0.3, 0.4) is 0 Å². The third-order valence-electron chi connectivity index (χ3n) is 5.40. The molecule has 1 N–H and O–H groups in total. The van der Waals surface area contributed by atoms with E-state index in [0.29, 0.717) is 37.4 Å². The van der Waals surface area contributed by atoms with Gasteiger partial charge in [-0.25, -0.2) is 22.0 Å². The Bertz CT molecular complexity index is 1280. The summed E-state index contributed by atoms with van der Waals surface area (Å²) in [6.45, 7) is 6.07. The van der Waals surface area contributed by atoms with E-state index in [9.17, 15) is 22.0 Å². The molecule has 1 aromatic heterocycles. The number of halogens is 2. The van der Waals surface area contributed by atoms with Crippen molar-refractivity contribution in [3.05, 3.63) is 59.3 Å². The van der Waals surface area contributed by atoms with E-state index in [4.69, 9.17) is 4.74 Å². The summed E-state index contributed by atoms with van der Waals surface area (Å²) in [7, 11) is -4.23. The van der Waals surface area contributed by atoms with E-state index >= 15 is 0 Å². The summed E-state index contributed by atoms with van der Waals surface area (Å²) in [4.78, 5) is 14.3. The lowest BCUT2D eigenvalue weighted by Crippen LogP contribution is -2.44. The molecule has 2 heterocycles. The van der Waals surface area contributed by atoms with Gasteiger partial charge in [0.25, 0.3) is 0 Å². The maximum absolute atomic E-state index is 14.8. The molecule has 0 radical (unpaired) electrons. The molecule has 10 heteroatoms. The number of morpholine rings is 1. The first kappa shape index (κ1) is 22.4. The smallest absolute Gasteiger partial charge is 0.327 e. The Morgan fingerprint density at radius 2 is 1.75 bits per heavy atom. The number of carbonyl (C=O) groups is 1. The van der Waals surface area contributed by atoms with Gasteiger partial charge in [0, 0.05) is 19.3 Å². The summed E-state index contributed by atoms with van der Waals surface area (Å²) < 4.78 is 61.9. The molecule has 4 rings (SSSR count). The molecule has 1 fully saturated rings. The number of hydrogen-bond acceptors (Lipinski definition) is 5. The van der Waals surface area contributed by atoms with Gasteiger partial charge in [-0.2, -0.15) is 0 Å². The van der Waals surface area contributed by atoms with Crippen LogP contribution in [0.25, 0.3) is 10.9 Å². The van der Waals surface area contributed by atoms with Crippen molar-refractivity contribution < 1.29 is 26.7 Å². The molecular weight excluding hydrogens is 440 g/mol. The number of hydrogen-bond donors (Lipinski definition) is 1. The van der Waals surface area contributed by atoms with Crippen LogP contribution in [-0.2, 0) is 14.6 Å². The molecule has 3 aromatic rings. The minimum atomic E-state index is -4.23. The van der Waals surface area contributed by atoms with Crippen LogP contribution >= 0.6 is 0 Å². The Hall–Kier alpha value is -2.82. The zero-order valence-corrected chi connectivity index (χ0v) is 18.5. The highest BCUT2D eigenvalue weighted by atomic mass is 32.2. The maximum Gasteiger partial charge on any atom is 0.327 e. The highest BCUT2D eigenvalue weighted by Gasteiger charge is 2.29. The standard InChI is InChI=1S/C22H23F2N3O4S/c1-14-9-15(2)11-16(10-14)32(29,30)19-12-27(18-4-3-17(23)21(24)20(18)19)22(28)25-13-26-5-7-31-8-6-26/h3-4,9-12H,5-8,13H2,1-2H3,(H,25,28). The number of rotatable bonds is 4. The highest BCUT2D eigenvalue weighted by Crippen LogP contribution is 2.33.